The highest BCUT2D eigenvalue weighted by atomic mass is 16.5. The molecule has 2 atom stereocenters. The van der Waals surface area contributed by atoms with Crippen molar-refractivity contribution in [2.45, 2.75) is 64.2 Å². The predicted octanol–water partition coefficient (Wildman–Crippen LogP) is 3.33. The summed E-state index contributed by atoms with van der Waals surface area (Å²) in [5, 5.41) is 3.12. The Balaban J connectivity index is 1.61. The van der Waals surface area contributed by atoms with Crippen molar-refractivity contribution in [1.29, 1.82) is 0 Å². The molecule has 7 nitrogen and oxygen atoms in total. The van der Waals surface area contributed by atoms with Crippen LogP contribution in [0.2, 0.25) is 0 Å². The number of pyridine rings is 1. The second kappa shape index (κ2) is 10.1. The van der Waals surface area contributed by atoms with Gasteiger partial charge in [0.25, 0.3) is 5.91 Å². The first-order valence-corrected chi connectivity index (χ1v) is 12.0. The van der Waals surface area contributed by atoms with E-state index in [2.05, 4.69) is 22.4 Å². The topological polar surface area (TPSA) is 88.6 Å². The molecule has 2 amide bonds. The predicted molar refractivity (Wildman–Crippen MR) is 128 cm³/mol. The molecule has 180 valence electrons. The molecule has 1 aromatic carbocycles. The maximum Gasteiger partial charge on any atom is 0.289 e. The number of benzene rings is 1. The summed E-state index contributed by atoms with van der Waals surface area (Å²) >= 11 is 0. The lowest BCUT2D eigenvalue weighted by Crippen LogP contribution is -2.52. The zero-order chi connectivity index (χ0) is 24.3. The molecule has 1 aromatic heterocycles. The average Bonchev–Trinajstić information content (AvgIpc) is 3.06. The number of hydrogen-bond donors (Lipinski definition) is 1. The number of carbonyl (C=O) groups is 3. The molecule has 2 aliphatic rings. The van der Waals surface area contributed by atoms with E-state index in [0.717, 1.165) is 16.7 Å². The Morgan fingerprint density at radius 1 is 1.12 bits per heavy atom. The van der Waals surface area contributed by atoms with Crippen LogP contribution in [-0.4, -0.2) is 46.7 Å². The van der Waals surface area contributed by atoms with E-state index >= 15 is 0 Å². The first-order chi connectivity index (χ1) is 16.3. The number of nitrogens with zero attached hydrogens (tertiary/aromatic N) is 2. The number of ketones is 1. The molecule has 2 heterocycles. The van der Waals surface area contributed by atoms with Crippen LogP contribution in [0.15, 0.2) is 48.8 Å². The number of ether oxygens (including phenoxy) is 1. The van der Waals surface area contributed by atoms with E-state index in [0.29, 0.717) is 32.5 Å². The molecule has 0 unspecified atom stereocenters. The molecule has 0 radical (unpaired) electrons. The van der Waals surface area contributed by atoms with E-state index in [4.69, 9.17) is 4.74 Å². The Hall–Kier alpha value is -3.06. The van der Waals surface area contributed by atoms with Gasteiger partial charge >= 0.3 is 0 Å². The molecule has 1 spiro atoms. The standard InChI is InChI=1S/C27H33N3O4/c1-18(2)16-23(32)26(33)30-14-10-27(11-15-30)22-7-5-4-6-21(22)24(29-19(3)31)25(27)34-17-20-8-12-28-13-9-20/h4-9,12-13,18,24-25H,10-11,14-17H2,1-3H3,(H,29,31)/t24-,25+/m1/s1. The van der Waals surface area contributed by atoms with Crippen molar-refractivity contribution >= 4 is 17.6 Å². The van der Waals surface area contributed by atoms with Crippen molar-refractivity contribution in [2.24, 2.45) is 5.92 Å². The summed E-state index contributed by atoms with van der Waals surface area (Å²) in [4.78, 5) is 43.1. The van der Waals surface area contributed by atoms with Crippen molar-refractivity contribution in [3.8, 4) is 0 Å². The monoisotopic (exact) mass is 463 g/mol. The third kappa shape index (κ3) is 4.75. The van der Waals surface area contributed by atoms with Crippen LogP contribution in [0, 0.1) is 5.92 Å². The fourth-order valence-corrected chi connectivity index (χ4v) is 5.45. The second-order valence-electron chi connectivity index (χ2n) is 9.82. The molecule has 0 saturated carbocycles. The number of likely N-dealkylation sites (tertiary alicyclic amines) is 1. The van der Waals surface area contributed by atoms with Crippen molar-refractivity contribution in [1.82, 2.24) is 15.2 Å². The number of piperidine rings is 1. The van der Waals surface area contributed by atoms with Gasteiger partial charge in [0.05, 0.1) is 18.8 Å². The molecule has 1 fully saturated rings. The third-order valence-corrected chi connectivity index (χ3v) is 6.99. The number of Topliss-reactive ketones (excluding diaryl/α,β-unsaturated/α-hetero) is 1. The average molecular weight is 464 g/mol. The van der Waals surface area contributed by atoms with Gasteiger partial charge in [-0.25, -0.2) is 0 Å². The van der Waals surface area contributed by atoms with Gasteiger partial charge in [-0.2, -0.15) is 0 Å². The first kappa shape index (κ1) is 24.1. The highest BCUT2D eigenvalue weighted by Gasteiger charge is 2.54. The van der Waals surface area contributed by atoms with E-state index in [1.807, 2.05) is 38.1 Å². The molecule has 1 aliphatic heterocycles. The van der Waals surface area contributed by atoms with Crippen LogP contribution in [0.1, 0.15) is 62.8 Å². The van der Waals surface area contributed by atoms with Gasteiger partial charge in [-0.15, -0.1) is 0 Å². The van der Waals surface area contributed by atoms with E-state index in [-0.39, 0.29) is 47.5 Å². The molecule has 7 heteroatoms. The zero-order valence-corrected chi connectivity index (χ0v) is 20.1. The summed E-state index contributed by atoms with van der Waals surface area (Å²) in [5.41, 5.74) is 2.88. The molecule has 1 aliphatic carbocycles. The van der Waals surface area contributed by atoms with Crippen LogP contribution in [0.5, 0.6) is 0 Å². The van der Waals surface area contributed by atoms with Gasteiger partial charge in [0, 0.05) is 44.2 Å². The van der Waals surface area contributed by atoms with Crippen LogP contribution >= 0.6 is 0 Å². The lowest BCUT2D eigenvalue weighted by Gasteiger charge is -2.44. The molecule has 4 rings (SSSR count). The Morgan fingerprint density at radius 3 is 2.44 bits per heavy atom. The lowest BCUT2D eigenvalue weighted by molar-refractivity contribution is -0.147. The molecular formula is C27H33N3O4. The van der Waals surface area contributed by atoms with Crippen LogP contribution < -0.4 is 5.32 Å². The minimum Gasteiger partial charge on any atom is -0.370 e. The van der Waals surface area contributed by atoms with Gasteiger partial charge < -0.3 is 15.0 Å². The summed E-state index contributed by atoms with van der Waals surface area (Å²) < 4.78 is 6.56. The Labute approximate surface area is 200 Å². The van der Waals surface area contributed by atoms with E-state index in [1.165, 1.54) is 6.92 Å². The van der Waals surface area contributed by atoms with Gasteiger partial charge in [-0.3, -0.25) is 19.4 Å². The van der Waals surface area contributed by atoms with E-state index in [9.17, 15) is 14.4 Å². The van der Waals surface area contributed by atoms with Crippen molar-refractivity contribution in [3.63, 3.8) is 0 Å². The van der Waals surface area contributed by atoms with Gasteiger partial charge in [-0.05, 0) is 47.6 Å². The van der Waals surface area contributed by atoms with Gasteiger partial charge in [0.15, 0.2) is 0 Å². The SMILES string of the molecule is CC(=O)N[C@@H]1c2ccccc2C2(CCN(C(=O)C(=O)CC(C)C)CC2)[C@H]1OCc1ccncc1. The van der Waals surface area contributed by atoms with Crippen molar-refractivity contribution in [2.75, 3.05) is 13.1 Å². The number of fused-ring (bicyclic) bond motifs is 2. The molecular weight excluding hydrogens is 430 g/mol. The van der Waals surface area contributed by atoms with Crippen LogP contribution in [0.4, 0.5) is 0 Å². The number of nitrogens with one attached hydrogen (secondary N) is 1. The third-order valence-electron chi connectivity index (χ3n) is 6.99. The maximum atomic E-state index is 12.8. The largest absolute Gasteiger partial charge is 0.370 e. The van der Waals surface area contributed by atoms with Crippen molar-refractivity contribution in [3.05, 3.63) is 65.5 Å². The van der Waals surface area contributed by atoms with Gasteiger partial charge in [0.1, 0.15) is 0 Å². The Kier molecular flexibility index (Phi) is 7.12. The smallest absolute Gasteiger partial charge is 0.289 e. The normalized spacial score (nSPS) is 20.9. The first-order valence-electron chi connectivity index (χ1n) is 12.0. The van der Waals surface area contributed by atoms with Crippen LogP contribution in [0.3, 0.4) is 0 Å². The summed E-state index contributed by atoms with van der Waals surface area (Å²) in [7, 11) is 0. The minimum absolute atomic E-state index is 0.110. The van der Waals surface area contributed by atoms with Crippen LogP contribution in [0.25, 0.3) is 0 Å². The minimum atomic E-state index is -0.387. The van der Waals surface area contributed by atoms with Gasteiger partial charge in [0.2, 0.25) is 11.7 Å². The highest BCUT2D eigenvalue weighted by Crippen LogP contribution is 2.52. The fraction of sp³-hybridized carbons (Fsp3) is 0.481. The van der Waals surface area contributed by atoms with Crippen LogP contribution in [-0.2, 0) is 31.1 Å². The summed E-state index contributed by atoms with van der Waals surface area (Å²) in [6, 6.07) is 11.7. The molecule has 1 N–H and O–H groups in total. The quantitative estimate of drug-likeness (QED) is 0.637. The van der Waals surface area contributed by atoms with E-state index < -0.39 is 0 Å². The number of rotatable bonds is 7. The molecule has 0 bridgehead atoms. The molecule has 34 heavy (non-hydrogen) atoms. The number of amides is 2. The number of carbonyl (C=O) groups excluding carboxylic acids is 3. The summed E-state index contributed by atoms with van der Waals surface area (Å²) in [6.07, 6.45) is 4.79. The van der Waals surface area contributed by atoms with Gasteiger partial charge in [-0.1, -0.05) is 38.1 Å². The Morgan fingerprint density at radius 2 is 1.79 bits per heavy atom. The van der Waals surface area contributed by atoms with Crippen molar-refractivity contribution < 1.29 is 19.1 Å². The molecule has 1 saturated heterocycles. The maximum absolute atomic E-state index is 12.8. The summed E-state index contributed by atoms with van der Waals surface area (Å²) in [6.45, 7) is 6.78. The fourth-order valence-electron chi connectivity index (χ4n) is 5.45. The number of hydrogen-bond acceptors (Lipinski definition) is 5. The zero-order valence-electron chi connectivity index (χ0n) is 20.1. The molecule has 2 aromatic rings. The lowest BCUT2D eigenvalue weighted by atomic mass is 9.71. The summed E-state index contributed by atoms with van der Waals surface area (Å²) in [5.74, 6) is -0.665. The number of aromatic nitrogens is 1. The highest BCUT2D eigenvalue weighted by molar-refractivity contribution is 6.36. The van der Waals surface area contributed by atoms with E-state index in [1.54, 1.807) is 17.3 Å². The second-order valence-corrected chi connectivity index (χ2v) is 9.82. The Bertz CT molecular complexity index is 1040.